The van der Waals surface area contributed by atoms with E-state index in [0.29, 0.717) is 5.92 Å². The number of aromatic nitrogens is 1. The summed E-state index contributed by atoms with van der Waals surface area (Å²) in [4.78, 5) is 6.99. The molecule has 1 aliphatic carbocycles. The lowest BCUT2D eigenvalue weighted by atomic mass is 9.77. The van der Waals surface area contributed by atoms with Crippen molar-refractivity contribution in [2.45, 2.75) is 38.5 Å². The Balaban J connectivity index is 1.71. The lowest BCUT2D eigenvalue weighted by Crippen LogP contribution is -2.32. The third kappa shape index (κ3) is 4.57. The van der Waals surface area contributed by atoms with Gasteiger partial charge in [-0.25, -0.2) is 0 Å². The topological polar surface area (TPSA) is 16.1 Å². The molecule has 1 aliphatic rings. The maximum Gasteiger partial charge on any atom is 0.0407 e. The average molecular weight is 308 g/mol. The van der Waals surface area contributed by atoms with Crippen LogP contribution in [0.2, 0.25) is 0 Å². The van der Waals surface area contributed by atoms with Crippen LogP contribution in [-0.2, 0) is 6.42 Å². The molecule has 1 saturated carbocycles. The summed E-state index contributed by atoms with van der Waals surface area (Å²) < 4.78 is 0. The molecule has 1 fully saturated rings. The van der Waals surface area contributed by atoms with Crippen LogP contribution >= 0.6 is 0 Å². The van der Waals surface area contributed by atoms with Gasteiger partial charge in [0.15, 0.2) is 0 Å². The molecule has 2 heteroatoms. The zero-order valence-electron chi connectivity index (χ0n) is 14.2. The number of nitrogens with zero attached hydrogens (tertiary/aromatic N) is 2. The number of hydrogen-bond acceptors (Lipinski definition) is 2. The van der Waals surface area contributed by atoms with Crippen molar-refractivity contribution >= 4 is 5.69 Å². The molecule has 0 radical (unpaired) electrons. The first-order valence-corrected chi connectivity index (χ1v) is 8.99. The monoisotopic (exact) mass is 308 g/mol. The minimum Gasteiger partial charge on any atom is -0.374 e. The molecule has 0 saturated heterocycles. The van der Waals surface area contributed by atoms with Gasteiger partial charge in [-0.2, -0.15) is 0 Å². The zero-order valence-corrected chi connectivity index (χ0v) is 14.2. The van der Waals surface area contributed by atoms with E-state index < -0.39 is 0 Å². The molecule has 2 nitrogen and oxygen atoms in total. The highest BCUT2D eigenvalue weighted by Crippen LogP contribution is 2.32. The molecule has 23 heavy (non-hydrogen) atoms. The number of para-hydroxylation sites is 1. The Bertz CT molecular complexity index is 561. The number of benzene rings is 1. The summed E-state index contributed by atoms with van der Waals surface area (Å²) in [5.41, 5.74) is 2.55. The van der Waals surface area contributed by atoms with Crippen LogP contribution in [0, 0.1) is 11.8 Å². The molecular formula is C21H28N2. The van der Waals surface area contributed by atoms with Crippen molar-refractivity contribution in [3.63, 3.8) is 0 Å². The Hall–Kier alpha value is -1.83. The summed E-state index contributed by atoms with van der Waals surface area (Å²) in [6, 6.07) is 17.1. The highest BCUT2D eigenvalue weighted by molar-refractivity contribution is 5.45. The molecule has 0 bridgehead atoms. The van der Waals surface area contributed by atoms with Gasteiger partial charge in [0.05, 0.1) is 0 Å². The van der Waals surface area contributed by atoms with E-state index in [2.05, 4.69) is 59.4 Å². The zero-order chi connectivity index (χ0) is 15.9. The Morgan fingerprint density at radius 3 is 2.43 bits per heavy atom. The van der Waals surface area contributed by atoms with Crippen LogP contribution in [0.4, 0.5) is 5.69 Å². The van der Waals surface area contributed by atoms with Crippen LogP contribution in [0.25, 0.3) is 0 Å². The standard InChI is InChI=1S/C21H28N2/c1-23(21-13-6-3-7-14-21)17-19(18-10-4-2-5-11-18)16-20-12-8-9-15-22-20/h3,6-9,12-15,18-19H,2,4-5,10-11,16-17H2,1H3. The SMILES string of the molecule is CN(CC(Cc1ccccn1)C1CCCCC1)c1ccccc1. The van der Waals surface area contributed by atoms with Crippen molar-refractivity contribution in [2.75, 3.05) is 18.5 Å². The molecule has 0 spiro atoms. The van der Waals surface area contributed by atoms with E-state index in [1.165, 1.54) is 43.5 Å². The van der Waals surface area contributed by atoms with Gasteiger partial charge >= 0.3 is 0 Å². The average Bonchev–Trinajstić information content (AvgIpc) is 2.63. The fraction of sp³-hybridized carbons (Fsp3) is 0.476. The van der Waals surface area contributed by atoms with Crippen molar-refractivity contribution < 1.29 is 0 Å². The Kier molecular flexibility index (Phi) is 5.68. The first kappa shape index (κ1) is 16.0. The second-order valence-electron chi connectivity index (χ2n) is 6.90. The van der Waals surface area contributed by atoms with Crippen LogP contribution in [-0.4, -0.2) is 18.6 Å². The number of pyridine rings is 1. The smallest absolute Gasteiger partial charge is 0.0407 e. The Morgan fingerprint density at radius 2 is 1.74 bits per heavy atom. The van der Waals surface area contributed by atoms with Crippen LogP contribution < -0.4 is 4.90 Å². The molecule has 122 valence electrons. The van der Waals surface area contributed by atoms with Crippen molar-refractivity contribution in [2.24, 2.45) is 11.8 Å². The number of hydrogen-bond donors (Lipinski definition) is 0. The van der Waals surface area contributed by atoms with E-state index in [4.69, 9.17) is 0 Å². The molecule has 1 heterocycles. The first-order chi connectivity index (χ1) is 11.3. The molecule has 1 unspecified atom stereocenters. The predicted molar refractivity (Wildman–Crippen MR) is 97.7 cm³/mol. The van der Waals surface area contributed by atoms with Crippen molar-refractivity contribution in [1.29, 1.82) is 0 Å². The molecule has 3 rings (SSSR count). The van der Waals surface area contributed by atoms with Gasteiger partial charge in [-0.3, -0.25) is 4.98 Å². The largest absolute Gasteiger partial charge is 0.374 e. The fourth-order valence-corrected chi connectivity index (χ4v) is 3.91. The normalized spacial score (nSPS) is 16.9. The third-order valence-corrected chi connectivity index (χ3v) is 5.22. The van der Waals surface area contributed by atoms with Gasteiger partial charge in [-0.1, -0.05) is 56.4 Å². The molecule has 1 atom stereocenters. The lowest BCUT2D eigenvalue weighted by molar-refractivity contribution is 0.248. The first-order valence-electron chi connectivity index (χ1n) is 8.99. The maximum atomic E-state index is 4.57. The molecule has 1 aromatic heterocycles. The van der Waals surface area contributed by atoms with Gasteiger partial charge in [-0.05, 0) is 42.5 Å². The molecular weight excluding hydrogens is 280 g/mol. The molecule has 1 aromatic carbocycles. The molecule has 0 amide bonds. The third-order valence-electron chi connectivity index (χ3n) is 5.22. The van der Waals surface area contributed by atoms with E-state index in [0.717, 1.165) is 18.9 Å². The second-order valence-corrected chi connectivity index (χ2v) is 6.90. The van der Waals surface area contributed by atoms with Gasteiger partial charge in [0.2, 0.25) is 0 Å². The van der Waals surface area contributed by atoms with Gasteiger partial charge in [0, 0.05) is 31.2 Å². The van der Waals surface area contributed by atoms with Crippen LogP contribution in [0.3, 0.4) is 0 Å². The van der Waals surface area contributed by atoms with Crippen molar-refractivity contribution in [3.05, 3.63) is 60.4 Å². The van der Waals surface area contributed by atoms with Crippen molar-refractivity contribution in [1.82, 2.24) is 4.98 Å². The summed E-state index contributed by atoms with van der Waals surface area (Å²) >= 11 is 0. The van der Waals surface area contributed by atoms with E-state index in [-0.39, 0.29) is 0 Å². The Labute approximate surface area is 140 Å². The minimum atomic E-state index is 0.690. The van der Waals surface area contributed by atoms with E-state index in [1.807, 2.05) is 12.3 Å². The van der Waals surface area contributed by atoms with Crippen molar-refractivity contribution in [3.8, 4) is 0 Å². The number of anilines is 1. The minimum absolute atomic E-state index is 0.690. The highest BCUT2D eigenvalue weighted by Gasteiger charge is 2.25. The predicted octanol–water partition coefficient (Wildman–Crippen LogP) is 4.96. The molecule has 2 aromatic rings. The van der Waals surface area contributed by atoms with Crippen LogP contribution in [0.1, 0.15) is 37.8 Å². The number of rotatable bonds is 6. The van der Waals surface area contributed by atoms with Gasteiger partial charge in [0.1, 0.15) is 0 Å². The van der Waals surface area contributed by atoms with Gasteiger partial charge < -0.3 is 4.90 Å². The summed E-state index contributed by atoms with van der Waals surface area (Å²) in [7, 11) is 2.23. The molecule has 0 aliphatic heterocycles. The molecule has 0 N–H and O–H groups in total. The van der Waals surface area contributed by atoms with Crippen LogP contribution in [0.5, 0.6) is 0 Å². The van der Waals surface area contributed by atoms with Crippen LogP contribution in [0.15, 0.2) is 54.7 Å². The lowest BCUT2D eigenvalue weighted by Gasteiger charge is -2.34. The van der Waals surface area contributed by atoms with Gasteiger partial charge in [-0.15, -0.1) is 0 Å². The van der Waals surface area contributed by atoms with E-state index >= 15 is 0 Å². The quantitative estimate of drug-likeness (QED) is 0.750. The van der Waals surface area contributed by atoms with E-state index in [1.54, 1.807) is 0 Å². The Morgan fingerprint density at radius 1 is 1.00 bits per heavy atom. The second kappa shape index (κ2) is 8.14. The van der Waals surface area contributed by atoms with E-state index in [9.17, 15) is 0 Å². The summed E-state index contributed by atoms with van der Waals surface area (Å²) in [6.45, 7) is 1.12. The highest BCUT2D eigenvalue weighted by atomic mass is 15.1. The fourth-order valence-electron chi connectivity index (χ4n) is 3.91. The summed E-state index contributed by atoms with van der Waals surface area (Å²) in [5, 5.41) is 0. The maximum absolute atomic E-state index is 4.57. The summed E-state index contributed by atoms with van der Waals surface area (Å²) in [5.74, 6) is 1.53. The summed E-state index contributed by atoms with van der Waals surface area (Å²) in [6.07, 6.45) is 10.0. The van der Waals surface area contributed by atoms with Gasteiger partial charge in [0.25, 0.3) is 0 Å².